The zero-order valence-electron chi connectivity index (χ0n) is 9.18. The van der Waals surface area contributed by atoms with Crippen LogP contribution in [0.25, 0.3) is 16.8 Å². The van der Waals surface area contributed by atoms with Crippen LogP contribution in [0, 0.1) is 11.3 Å². The molecule has 0 aliphatic carbocycles. The van der Waals surface area contributed by atoms with Gasteiger partial charge in [-0.25, -0.2) is 4.68 Å². The highest BCUT2D eigenvalue weighted by Gasteiger charge is 2.20. The molecule has 1 aromatic carbocycles. The molecule has 0 aliphatic heterocycles. The number of para-hydroxylation sites is 1. The Kier molecular flexibility index (Phi) is 2.01. The van der Waals surface area contributed by atoms with E-state index < -0.39 is 5.56 Å². The Morgan fingerprint density at radius 2 is 2.06 bits per heavy atom. The number of aromatic nitrogens is 2. The third-order valence-electron chi connectivity index (χ3n) is 2.69. The van der Waals surface area contributed by atoms with Gasteiger partial charge in [0.25, 0.3) is 5.56 Å². The molecule has 6 heteroatoms. The molecule has 2 heterocycles. The lowest BCUT2D eigenvalue weighted by Crippen LogP contribution is -2.05. The minimum Gasteiger partial charge on any atom is -0.421 e. The molecule has 3 N–H and O–H groups in total. The standard InChI is InChI=1S/C12H8N4O2/c13-6-8-9-11(17)15-16(12(9)18-10(8)14)7-4-2-1-3-5-7/h1-5H,14H2,(H,15,17). The molecule has 0 fully saturated rings. The fraction of sp³-hybridized carbons (Fsp3) is 0. The molecule has 3 aromatic rings. The number of nitrogens with one attached hydrogen (secondary N) is 1. The quantitative estimate of drug-likeness (QED) is 0.670. The smallest absolute Gasteiger partial charge is 0.277 e. The van der Waals surface area contributed by atoms with Crippen molar-refractivity contribution >= 4 is 17.0 Å². The van der Waals surface area contributed by atoms with E-state index in [0.717, 1.165) is 5.69 Å². The van der Waals surface area contributed by atoms with Crippen molar-refractivity contribution in [2.75, 3.05) is 5.73 Å². The van der Waals surface area contributed by atoms with Crippen LogP contribution in [0.1, 0.15) is 5.56 Å². The maximum Gasteiger partial charge on any atom is 0.277 e. The fourth-order valence-corrected chi connectivity index (χ4v) is 1.88. The minimum atomic E-state index is -0.397. The Morgan fingerprint density at radius 1 is 1.33 bits per heavy atom. The predicted octanol–water partition coefficient (Wildman–Crippen LogP) is 1.37. The van der Waals surface area contributed by atoms with Crippen molar-refractivity contribution in [1.29, 1.82) is 5.26 Å². The summed E-state index contributed by atoms with van der Waals surface area (Å²) in [6.07, 6.45) is 0. The van der Waals surface area contributed by atoms with Gasteiger partial charge in [-0.15, -0.1) is 0 Å². The fourth-order valence-electron chi connectivity index (χ4n) is 1.88. The first-order valence-electron chi connectivity index (χ1n) is 5.21. The number of nitrogen functional groups attached to an aromatic ring is 1. The van der Waals surface area contributed by atoms with Crippen molar-refractivity contribution < 1.29 is 4.42 Å². The van der Waals surface area contributed by atoms with Crippen molar-refractivity contribution in [2.45, 2.75) is 0 Å². The van der Waals surface area contributed by atoms with Crippen LogP contribution < -0.4 is 11.3 Å². The van der Waals surface area contributed by atoms with Crippen molar-refractivity contribution in [3.05, 3.63) is 46.2 Å². The Labute approximate surface area is 101 Å². The van der Waals surface area contributed by atoms with Crippen LogP contribution in [0.2, 0.25) is 0 Å². The molecule has 0 saturated heterocycles. The van der Waals surface area contributed by atoms with E-state index in [2.05, 4.69) is 5.10 Å². The van der Waals surface area contributed by atoms with E-state index in [9.17, 15) is 4.79 Å². The number of fused-ring (bicyclic) bond motifs is 1. The second-order valence-corrected chi connectivity index (χ2v) is 3.75. The molecule has 88 valence electrons. The first-order chi connectivity index (χ1) is 8.72. The van der Waals surface area contributed by atoms with Gasteiger partial charge in [-0.1, -0.05) is 18.2 Å². The Hall–Kier alpha value is -2.94. The third kappa shape index (κ3) is 1.25. The van der Waals surface area contributed by atoms with Gasteiger partial charge in [-0.05, 0) is 12.1 Å². The van der Waals surface area contributed by atoms with Crippen LogP contribution in [0.4, 0.5) is 5.88 Å². The van der Waals surface area contributed by atoms with E-state index in [-0.39, 0.29) is 22.5 Å². The molecule has 0 unspecified atom stereocenters. The molecule has 0 aliphatic rings. The van der Waals surface area contributed by atoms with Gasteiger partial charge in [0.2, 0.25) is 11.6 Å². The molecule has 2 aromatic heterocycles. The summed E-state index contributed by atoms with van der Waals surface area (Å²) < 4.78 is 6.75. The van der Waals surface area contributed by atoms with E-state index in [1.54, 1.807) is 12.1 Å². The first kappa shape index (κ1) is 10.2. The molecule has 0 saturated carbocycles. The Bertz CT molecular complexity index is 817. The molecule has 0 bridgehead atoms. The molecule has 3 rings (SSSR count). The van der Waals surface area contributed by atoms with Gasteiger partial charge in [-0.2, -0.15) is 5.26 Å². The van der Waals surface area contributed by atoms with Crippen LogP contribution in [-0.2, 0) is 0 Å². The van der Waals surface area contributed by atoms with Gasteiger partial charge < -0.3 is 10.2 Å². The SMILES string of the molecule is N#Cc1c(N)oc2c1c(=O)[nH]n2-c1ccccc1. The number of H-pyrrole nitrogens is 1. The van der Waals surface area contributed by atoms with Crippen molar-refractivity contribution in [3.63, 3.8) is 0 Å². The summed E-state index contributed by atoms with van der Waals surface area (Å²) in [5.41, 5.74) is 6.22. The molecular weight excluding hydrogens is 232 g/mol. The molecule has 0 amide bonds. The number of aromatic amines is 1. The highest BCUT2D eigenvalue weighted by Crippen LogP contribution is 2.25. The van der Waals surface area contributed by atoms with Crippen LogP contribution in [-0.4, -0.2) is 9.78 Å². The number of nitriles is 1. The summed E-state index contributed by atoms with van der Waals surface area (Å²) in [6, 6.07) is 11.0. The second kappa shape index (κ2) is 3.53. The van der Waals surface area contributed by atoms with Crippen LogP contribution in [0.15, 0.2) is 39.5 Å². The minimum absolute atomic E-state index is 0.0433. The zero-order chi connectivity index (χ0) is 12.7. The van der Waals surface area contributed by atoms with E-state index in [1.165, 1.54) is 4.68 Å². The number of hydrogen-bond donors (Lipinski definition) is 2. The highest BCUT2D eigenvalue weighted by molar-refractivity contribution is 5.86. The van der Waals surface area contributed by atoms with E-state index in [4.69, 9.17) is 15.4 Å². The Balaban J connectivity index is 2.41. The molecule has 0 spiro atoms. The number of hydrogen-bond acceptors (Lipinski definition) is 4. The topological polar surface area (TPSA) is 101 Å². The van der Waals surface area contributed by atoms with Crippen LogP contribution in [0.3, 0.4) is 0 Å². The maximum atomic E-state index is 11.8. The largest absolute Gasteiger partial charge is 0.421 e. The maximum absolute atomic E-state index is 11.8. The predicted molar refractivity (Wildman–Crippen MR) is 65.3 cm³/mol. The van der Waals surface area contributed by atoms with E-state index in [0.29, 0.717) is 0 Å². The van der Waals surface area contributed by atoms with Gasteiger partial charge in [0, 0.05) is 0 Å². The summed E-state index contributed by atoms with van der Waals surface area (Å²) in [5, 5.41) is 11.7. The summed E-state index contributed by atoms with van der Waals surface area (Å²) in [4.78, 5) is 11.8. The van der Waals surface area contributed by atoms with E-state index in [1.807, 2.05) is 24.3 Å². The van der Waals surface area contributed by atoms with Gasteiger partial charge >= 0.3 is 0 Å². The first-order valence-corrected chi connectivity index (χ1v) is 5.21. The number of nitrogens with zero attached hydrogens (tertiary/aromatic N) is 2. The molecule has 0 atom stereocenters. The zero-order valence-corrected chi connectivity index (χ0v) is 9.18. The number of anilines is 1. The normalized spacial score (nSPS) is 10.6. The van der Waals surface area contributed by atoms with Gasteiger partial charge in [0.05, 0.1) is 5.69 Å². The molecule has 0 radical (unpaired) electrons. The van der Waals surface area contributed by atoms with Crippen LogP contribution >= 0.6 is 0 Å². The van der Waals surface area contributed by atoms with Crippen LogP contribution in [0.5, 0.6) is 0 Å². The van der Waals surface area contributed by atoms with E-state index >= 15 is 0 Å². The summed E-state index contributed by atoms with van der Waals surface area (Å²) in [6.45, 7) is 0. The lowest BCUT2D eigenvalue weighted by atomic mass is 10.2. The van der Waals surface area contributed by atoms with Gasteiger partial charge in [-0.3, -0.25) is 9.89 Å². The summed E-state index contributed by atoms with van der Waals surface area (Å²) in [5.74, 6) is -0.0433. The number of benzene rings is 1. The number of rotatable bonds is 1. The lowest BCUT2D eigenvalue weighted by molar-refractivity contribution is 0.601. The molecule has 18 heavy (non-hydrogen) atoms. The van der Waals surface area contributed by atoms with Gasteiger partial charge in [0.15, 0.2) is 0 Å². The van der Waals surface area contributed by atoms with Crippen molar-refractivity contribution in [2.24, 2.45) is 0 Å². The lowest BCUT2D eigenvalue weighted by Gasteiger charge is -2.00. The summed E-state index contributed by atoms with van der Waals surface area (Å²) >= 11 is 0. The average Bonchev–Trinajstić information content (AvgIpc) is 2.87. The highest BCUT2D eigenvalue weighted by atomic mass is 16.4. The average molecular weight is 240 g/mol. The number of furan rings is 1. The molecule has 6 nitrogen and oxygen atoms in total. The molecular formula is C12H8N4O2. The monoisotopic (exact) mass is 240 g/mol. The number of nitrogens with two attached hydrogens (primary N) is 1. The van der Waals surface area contributed by atoms with Crippen molar-refractivity contribution in [1.82, 2.24) is 9.78 Å². The second-order valence-electron chi connectivity index (χ2n) is 3.75. The van der Waals surface area contributed by atoms with Crippen molar-refractivity contribution in [3.8, 4) is 11.8 Å². The third-order valence-corrected chi connectivity index (χ3v) is 2.69. The van der Waals surface area contributed by atoms with Gasteiger partial charge in [0.1, 0.15) is 17.0 Å². The Morgan fingerprint density at radius 3 is 2.72 bits per heavy atom. The summed E-state index contributed by atoms with van der Waals surface area (Å²) in [7, 11) is 0.